The molecule has 3 aromatic carbocycles. The Balaban J connectivity index is 0.000000856. The summed E-state index contributed by atoms with van der Waals surface area (Å²) in [6, 6.07) is 19.0. The molecule has 0 spiro atoms. The topological polar surface area (TPSA) is 180 Å². The van der Waals surface area contributed by atoms with Crippen molar-refractivity contribution in [2.45, 2.75) is 35.5 Å². The molecule has 0 unspecified atom stereocenters. The lowest BCUT2D eigenvalue weighted by molar-refractivity contribution is 0.0650. The molecule has 0 aliphatic rings. The molecule has 12 nitrogen and oxygen atoms in total. The predicted molar refractivity (Wildman–Crippen MR) is 185 cm³/mol. The number of hydrogen-bond acceptors (Lipinski definition) is 12. The molecular formula is C30H41Cl3O12S3. The Hall–Kier alpha value is -1.86. The highest BCUT2D eigenvalue weighted by Gasteiger charge is 2.16. The van der Waals surface area contributed by atoms with Crippen LogP contribution in [0.5, 0.6) is 0 Å². The highest BCUT2D eigenvalue weighted by Crippen LogP contribution is 2.15. The van der Waals surface area contributed by atoms with Gasteiger partial charge in [-0.15, -0.1) is 23.2 Å². The van der Waals surface area contributed by atoms with E-state index in [4.69, 9.17) is 57.2 Å². The van der Waals surface area contributed by atoms with Crippen molar-refractivity contribution in [3.8, 4) is 0 Å². The summed E-state index contributed by atoms with van der Waals surface area (Å²) in [5.74, 6) is 0. The summed E-state index contributed by atoms with van der Waals surface area (Å²) in [5, 5.41) is 16.4. The molecule has 272 valence electrons. The summed E-state index contributed by atoms with van der Waals surface area (Å²) in [6.07, 6.45) is 0. The standard InChI is InChI=1S/C18H22O7S2.C7H7ClO2S.C4H10O3.CH2Cl2/c1-15-3-7-17(8-4-15)26(19,20)24-13-11-23-12-14-25-27(21,22)18-9-5-16(2)6-10-18;1-6-2-4-7(5-3-6)11(8,9)10;5-1-3-7-4-2-6;2-1-3/h3-10H,11-14H2,1-2H3;2-5H,1H3;5-6H,1-4H2;1H2. The van der Waals surface area contributed by atoms with Gasteiger partial charge in [0.25, 0.3) is 29.3 Å². The van der Waals surface area contributed by atoms with Crippen LogP contribution in [0, 0.1) is 20.8 Å². The average molecular weight is 796 g/mol. The molecule has 3 aromatic rings. The summed E-state index contributed by atoms with van der Waals surface area (Å²) in [7, 11) is -6.14. The molecule has 0 atom stereocenters. The Bertz CT molecular complexity index is 1520. The Kier molecular flexibility index (Phi) is 24.2. The van der Waals surface area contributed by atoms with Crippen LogP contribution < -0.4 is 0 Å². The van der Waals surface area contributed by atoms with Gasteiger partial charge in [-0.2, -0.15) is 16.8 Å². The fourth-order valence-electron chi connectivity index (χ4n) is 2.99. The molecule has 0 saturated carbocycles. The number of aliphatic hydroxyl groups is 2. The first-order valence-corrected chi connectivity index (χ1v) is 20.2. The van der Waals surface area contributed by atoms with Crippen molar-refractivity contribution in [1.82, 2.24) is 0 Å². The van der Waals surface area contributed by atoms with Gasteiger partial charge in [-0.05, 0) is 57.2 Å². The summed E-state index contributed by atoms with van der Waals surface area (Å²) in [5.41, 5.74) is 2.89. The first-order valence-electron chi connectivity index (χ1n) is 14.0. The monoisotopic (exact) mass is 794 g/mol. The van der Waals surface area contributed by atoms with Crippen LogP contribution in [-0.4, -0.2) is 93.7 Å². The molecule has 3 rings (SSSR count). The zero-order valence-electron chi connectivity index (χ0n) is 26.6. The Morgan fingerprint density at radius 1 is 0.500 bits per heavy atom. The highest BCUT2D eigenvalue weighted by molar-refractivity contribution is 8.13. The second-order valence-electron chi connectivity index (χ2n) is 9.20. The Labute approximate surface area is 298 Å². The van der Waals surface area contributed by atoms with Gasteiger partial charge in [0.15, 0.2) is 0 Å². The molecule has 0 aliphatic carbocycles. The third kappa shape index (κ3) is 21.3. The van der Waals surface area contributed by atoms with E-state index in [1.807, 2.05) is 20.8 Å². The van der Waals surface area contributed by atoms with Crippen molar-refractivity contribution in [2.24, 2.45) is 0 Å². The minimum absolute atomic E-state index is 0.0149. The van der Waals surface area contributed by atoms with Gasteiger partial charge in [0.05, 0.1) is 72.9 Å². The number of hydrogen-bond donors (Lipinski definition) is 2. The minimum Gasteiger partial charge on any atom is -0.394 e. The number of halogens is 3. The van der Waals surface area contributed by atoms with Crippen LogP contribution in [0.15, 0.2) is 87.5 Å². The average Bonchev–Trinajstić information content (AvgIpc) is 3.02. The summed E-state index contributed by atoms with van der Waals surface area (Å²) in [4.78, 5) is 0.283. The lowest BCUT2D eigenvalue weighted by atomic mass is 10.2. The van der Waals surface area contributed by atoms with E-state index in [0.717, 1.165) is 16.7 Å². The summed E-state index contributed by atoms with van der Waals surface area (Å²) in [6.45, 7) is 5.89. The van der Waals surface area contributed by atoms with Crippen molar-refractivity contribution < 1.29 is 53.3 Å². The van der Waals surface area contributed by atoms with E-state index in [1.54, 1.807) is 36.4 Å². The number of ether oxygens (including phenoxy) is 2. The van der Waals surface area contributed by atoms with Gasteiger partial charge < -0.3 is 19.7 Å². The van der Waals surface area contributed by atoms with Gasteiger partial charge in [-0.3, -0.25) is 8.37 Å². The predicted octanol–water partition coefficient (Wildman–Crippen LogP) is 4.76. The molecule has 2 N–H and O–H groups in total. The minimum atomic E-state index is -3.84. The first-order chi connectivity index (χ1) is 22.5. The fourth-order valence-corrected chi connectivity index (χ4v) is 5.54. The Morgan fingerprint density at radius 3 is 1.04 bits per heavy atom. The van der Waals surface area contributed by atoms with E-state index >= 15 is 0 Å². The smallest absolute Gasteiger partial charge is 0.297 e. The lowest BCUT2D eigenvalue weighted by Crippen LogP contribution is -2.15. The highest BCUT2D eigenvalue weighted by atomic mass is 35.7. The second kappa shape index (κ2) is 25.1. The van der Waals surface area contributed by atoms with Crippen LogP contribution in [0.4, 0.5) is 0 Å². The molecule has 0 amide bonds. The summed E-state index contributed by atoms with van der Waals surface area (Å²) < 4.78 is 88.8. The molecule has 0 aromatic heterocycles. The van der Waals surface area contributed by atoms with Crippen LogP contribution in [-0.2, 0) is 47.1 Å². The van der Waals surface area contributed by atoms with E-state index < -0.39 is 29.3 Å². The van der Waals surface area contributed by atoms with Crippen molar-refractivity contribution in [2.75, 3.05) is 58.2 Å². The van der Waals surface area contributed by atoms with E-state index in [9.17, 15) is 25.3 Å². The number of alkyl halides is 2. The molecule has 0 radical (unpaired) electrons. The molecule has 48 heavy (non-hydrogen) atoms. The van der Waals surface area contributed by atoms with E-state index in [1.165, 1.54) is 36.4 Å². The van der Waals surface area contributed by atoms with Gasteiger partial charge in [0.1, 0.15) is 0 Å². The van der Waals surface area contributed by atoms with Crippen LogP contribution in [0.1, 0.15) is 16.7 Å². The second-order valence-corrected chi connectivity index (χ2v) is 15.8. The number of rotatable bonds is 15. The van der Waals surface area contributed by atoms with E-state index in [-0.39, 0.29) is 59.7 Å². The first kappa shape index (κ1) is 46.1. The van der Waals surface area contributed by atoms with Crippen LogP contribution in [0.2, 0.25) is 0 Å². The molecule has 0 fully saturated rings. The SMILES string of the molecule is Cc1ccc(S(=O)(=O)Cl)cc1.Cc1ccc(S(=O)(=O)OCCOCCOS(=O)(=O)c2ccc(C)cc2)cc1.ClCCl.OCCOCCO. The largest absolute Gasteiger partial charge is 0.394 e. The fraction of sp³-hybridized carbons (Fsp3) is 0.400. The zero-order valence-corrected chi connectivity index (χ0v) is 31.3. The van der Waals surface area contributed by atoms with Gasteiger partial charge in [0, 0.05) is 10.7 Å². The molecule has 0 aliphatic heterocycles. The van der Waals surface area contributed by atoms with Crippen molar-refractivity contribution in [3.05, 3.63) is 89.5 Å². The van der Waals surface area contributed by atoms with E-state index in [0.29, 0.717) is 13.2 Å². The van der Waals surface area contributed by atoms with Gasteiger partial charge >= 0.3 is 0 Å². The molecule has 18 heteroatoms. The van der Waals surface area contributed by atoms with Crippen LogP contribution in [0.25, 0.3) is 0 Å². The lowest BCUT2D eigenvalue weighted by Gasteiger charge is -2.08. The van der Waals surface area contributed by atoms with Gasteiger partial charge in [0.2, 0.25) is 0 Å². The van der Waals surface area contributed by atoms with E-state index in [2.05, 4.69) is 4.74 Å². The maximum atomic E-state index is 12.0. The maximum Gasteiger partial charge on any atom is 0.297 e. The maximum absolute atomic E-state index is 12.0. The van der Waals surface area contributed by atoms with Crippen molar-refractivity contribution >= 4 is 63.2 Å². The molecule has 0 heterocycles. The zero-order chi connectivity index (χ0) is 36.6. The van der Waals surface area contributed by atoms with Gasteiger partial charge in [-0.1, -0.05) is 53.1 Å². The number of aliphatic hydroxyl groups excluding tert-OH is 2. The number of aryl methyl sites for hydroxylation is 3. The number of benzene rings is 3. The summed E-state index contributed by atoms with van der Waals surface area (Å²) >= 11 is 9.53. The Morgan fingerprint density at radius 2 is 0.771 bits per heavy atom. The quantitative estimate of drug-likeness (QED) is 0.0934. The third-order valence-electron chi connectivity index (χ3n) is 5.33. The van der Waals surface area contributed by atoms with Crippen LogP contribution in [0.3, 0.4) is 0 Å². The van der Waals surface area contributed by atoms with Gasteiger partial charge in [-0.25, -0.2) is 8.42 Å². The normalized spacial score (nSPS) is 11.2. The molecule has 0 saturated heterocycles. The molecule has 0 bridgehead atoms. The van der Waals surface area contributed by atoms with Crippen molar-refractivity contribution in [1.29, 1.82) is 0 Å². The third-order valence-corrected chi connectivity index (χ3v) is 9.35. The van der Waals surface area contributed by atoms with Crippen molar-refractivity contribution in [3.63, 3.8) is 0 Å². The molecular weight excluding hydrogens is 755 g/mol. The van der Waals surface area contributed by atoms with Crippen LogP contribution >= 0.6 is 33.9 Å².